The molecule has 2 saturated carbocycles. The van der Waals surface area contributed by atoms with Gasteiger partial charge in [0.15, 0.2) is 5.60 Å². The largest absolute Gasteiger partial charge is 0.341 e. The average Bonchev–Trinajstić information content (AvgIpc) is 3.20. The van der Waals surface area contributed by atoms with E-state index >= 15 is 0 Å². The Bertz CT molecular complexity index is 572. The predicted octanol–water partition coefficient (Wildman–Crippen LogP) is 5.12. The molecule has 0 radical (unpaired) electrons. The molecule has 4 fully saturated rings. The quantitative estimate of drug-likeness (QED) is 0.673. The summed E-state index contributed by atoms with van der Waals surface area (Å²) >= 11 is 0. The molecule has 2 bridgehead atoms. The molecule has 5 rings (SSSR count). The van der Waals surface area contributed by atoms with Gasteiger partial charge in [0.25, 0.3) is 5.79 Å². The van der Waals surface area contributed by atoms with Gasteiger partial charge in [0.1, 0.15) is 0 Å². The van der Waals surface area contributed by atoms with E-state index in [2.05, 4.69) is 31.2 Å². The van der Waals surface area contributed by atoms with Gasteiger partial charge in [-0.05, 0) is 38.5 Å². The van der Waals surface area contributed by atoms with E-state index in [1.54, 1.807) is 0 Å². The smallest absolute Gasteiger partial charge is 0.261 e. The van der Waals surface area contributed by atoms with E-state index in [4.69, 9.17) is 14.5 Å². The van der Waals surface area contributed by atoms with Gasteiger partial charge >= 0.3 is 0 Å². The van der Waals surface area contributed by atoms with Crippen molar-refractivity contribution >= 4 is 0 Å². The third-order valence-corrected chi connectivity index (χ3v) is 5.93. The molecule has 4 atom stereocenters. The lowest BCUT2D eigenvalue weighted by Gasteiger charge is -2.54. The highest BCUT2D eigenvalue weighted by Crippen LogP contribution is 2.75. The molecule has 0 amide bonds. The van der Waals surface area contributed by atoms with Crippen molar-refractivity contribution < 1.29 is 14.5 Å². The molecule has 128 valence electrons. The predicted molar refractivity (Wildman–Crippen MR) is 90.8 cm³/mol. The minimum atomic E-state index is -0.631. The summed E-state index contributed by atoms with van der Waals surface area (Å²) in [5.41, 5.74) is 2.37. The first-order valence-electron chi connectivity index (χ1n) is 9.28. The lowest BCUT2D eigenvalue weighted by Crippen LogP contribution is -2.66. The van der Waals surface area contributed by atoms with Gasteiger partial charge in [-0.3, -0.25) is 0 Å². The number of aryl methyl sites for hydroxylation is 1. The molecule has 2 heterocycles. The SMILES string of the molecule is CC.CC.Cc1cccc(C23OCC45CCC(C4)CC52OO3)c1. The van der Waals surface area contributed by atoms with Crippen LogP contribution in [0.1, 0.15) is 64.5 Å². The van der Waals surface area contributed by atoms with Crippen LogP contribution in [0.2, 0.25) is 0 Å². The summed E-state index contributed by atoms with van der Waals surface area (Å²) < 4.78 is 6.21. The fourth-order valence-electron chi connectivity index (χ4n) is 5.07. The van der Waals surface area contributed by atoms with Gasteiger partial charge in [-0.1, -0.05) is 57.5 Å². The fourth-order valence-corrected chi connectivity index (χ4v) is 5.07. The third-order valence-electron chi connectivity index (χ3n) is 5.93. The van der Waals surface area contributed by atoms with Gasteiger partial charge < -0.3 is 4.74 Å². The topological polar surface area (TPSA) is 27.7 Å². The first-order valence-corrected chi connectivity index (χ1v) is 9.28. The summed E-state index contributed by atoms with van der Waals surface area (Å²) in [7, 11) is 0. The van der Waals surface area contributed by atoms with Crippen molar-refractivity contribution in [1.82, 2.24) is 0 Å². The van der Waals surface area contributed by atoms with Crippen LogP contribution in [0.4, 0.5) is 0 Å². The molecule has 0 N–H and O–H groups in total. The number of benzene rings is 1. The van der Waals surface area contributed by atoms with Crippen molar-refractivity contribution in [3.05, 3.63) is 35.4 Å². The Balaban J connectivity index is 0.000000365. The Morgan fingerprint density at radius 2 is 1.83 bits per heavy atom. The monoisotopic (exact) mass is 318 g/mol. The Labute approximate surface area is 140 Å². The summed E-state index contributed by atoms with van der Waals surface area (Å²) in [6.07, 6.45) is 4.91. The van der Waals surface area contributed by atoms with Crippen molar-refractivity contribution in [3.63, 3.8) is 0 Å². The van der Waals surface area contributed by atoms with E-state index in [1.165, 1.54) is 24.8 Å². The standard InChI is InChI=1S/C16H18O3.2C2H6/c1-11-3-2-4-13(7-11)16-15(18-19-16)9-12-5-6-14(15,8-12)10-17-16;2*1-2/h2-4,7,12H,5-6,8-10H2,1H3;2*1-2H3. The molecule has 1 aromatic carbocycles. The van der Waals surface area contributed by atoms with Crippen LogP contribution in [0, 0.1) is 18.3 Å². The van der Waals surface area contributed by atoms with Crippen molar-refractivity contribution in [3.8, 4) is 0 Å². The molecule has 1 aromatic rings. The van der Waals surface area contributed by atoms with E-state index in [0.29, 0.717) is 0 Å². The van der Waals surface area contributed by atoms with E-state index in [0.717, 1.165) is 24.5 Å². The van der Waals surface area contributed by atoms with Crippen molar-refractivity contribution in [2.75, 3.05) is 6.61 Å². The number of hydrogen-bond donors (Lipinski definition) is 0. The number of hydrogen-bond acceptors (Lipinski definition) is 3. The molecule has 2 aliphatic carbocycles. The zero-order valence-electron chi connectivity index (χ0n) is 15.1. The summed E-state index contributed by atoms with van der Waals surface area (Å²) in [5, 5.41) is 0. The maximum Gasteiger partial charge on any atom is 0.261 e. The first-order chi connectivity index (χ1) is 11.2. The van der Waals surface area contributed by atoms with Crippen LogP contribution in [-0.2, 0) is 20.3 Å². The minimum absolute atomic E-state index is 0.208. The van der Waals surface area contributed by atoms with Crippen molar-refractivity contribution in [2.45, 2.75) is 71.7 Å². The van der Waals surface area contributed by atoms with Gasteiger partial charge in [-0.2, -0.15) is 4.89 Å². The summed E-state index contributed by atoms with van der Waals surface area (Å²) in [5.74, 6) is 0.172. The fraction of sp³-hybridized carbons (Fsp3) is 0.700. The van der Waals surface area contributed by atoms with Crippen LogP contribution in [0.15, 0.2) is 24.3 Å². The number of fused-ring (bicyclic) bond motifs is 1. The highest BCUT2D eigenvalue weighted by molar-refractivity contribution is 5.36. The summed E-state index contributed by atoms with van der Waals surface area (Å²) in [6.45, 7) is 10.9. The van der Waals surface area contributed by atoms with Crippen LogP contribution in [0.3, 0.4) is 0 Å². The second-order valence-corrected chi connectivity index (χ2v) is 6.86. The maximum atomic E-state index is 6.21. The lowest BCUT2D eigenvalue weighted by molar-refractivity contribution is -0.610. The molecule has 2 aliphatic heterocycles. The second kappa shape index (κ2) is 5.87. The molecule has 0 aromatic heterocycles. The van der Waals surface area contributed by atoms with Crippen LogP contribution >= 0.6 is 0 Å². The van der Waals surface area contributed by atoms with Crippen LogP contribution < -0.4 is 0 Å². The second-order valence-electron chi connectivity index (χ2n) is 6.86. The first kappa shape index (κ1) is 16.9. The average molecular weight is 318 g/mol. The zero-order valence-corrected chi connectivity index (χ0v) is 15.1. The Hall–Kier alpha value is -0.900. The maximum absolute atomic E-state index is 6.21. The van der Waals surface area contributed by atoms with E-state index < -0.39 is 5.79 Å². The molecule has 2 saturated heterocycles. The lowest BCUT2D eigenvalue weighted by atomic mass is 9.67. The third kappa shape index (κ3) is 1.93. The number of ether oxygens (including phenoxy) is 1. The van der Waals surface area contributed by atoms with Gasteiger partial charge in [-0.25, -0.2) is 4.89 Å². The molecule has 3 heteroatoms. The van der Waals surface area contributed by atoms with Gasteiger partial charge in [-0.15, -0.1) is 0 Å². The summed E-state index contributed by atoms with van der Waals surface area (Å²) in [6, 6.07) is 8.48. The van der Waals surface area contributed by atoms with Gasteiger partial charge in [0.2, 0.25) is 0 Å². The van der Waals surface area contributed by atoms with Crippen LogP contribution in [0.5, 0.6) is 0 Å². The highest BCUT2D eigenvalue weighted by atomic mass is 17.3. The van der Waals surface area contributed by atoms with Crippen LogP contribution in [-0.4, -0.2) is 12.2 Å². The summed E-state index contributed by atoms with van der Waals surface area (Å²) in [4.78, 5) is 11.4. The normalized spacial score (nSPS) is 41.7. The number of rotatable bonds is 1. The molecule has 4 aliphatic rings. The molecule has 2 spiro atoms. The zero-order chi connectivity index (χ0) is 16.7. The molecule has 4 unspecified atom stereocenters. The Morgan fingerprint density at radius 1 is 1.04 bits per heavy atom. The van der Waals surface area contributed by atoms with Crippen molar-refractivity contribution in [1.29, 1.82) is 0 Å². The van der Waals surface area contributed by atoms with E-state index in [-0.39, 0.29) is 11.0 Å². The molecular formula is C20H30O3. The molecule has 23 heavy (non-hydrogen) atoms. The minimum Gasteiger partial charge on any atom is -0.341 e. The van der Waals surface area contributed by atoms with Gasteiger partial charge in [0, 0.05) is 11.0 Å². The van der Waals surface area contributed by atoms with Crippen molar-refractivity contribution in [2.24, 2.45) is 11.3 Å². The Morgan fingerprint density at radius 3 is 2.43 bits per heavy atom. The van der Waals surface area contributed by atoms with Gasteiger partial charge in [0.05, 0.1) is 6.61 Å². The van der Waals surface area contributed by atoms with Crippen LogP contribution in [0.25, 0.3) is 0 Å². The highest BCUT2D eigenvalue weighted by Gasteiger charge is 2.83. The van der Waals surface area contributed by atoms with E-state index in [9.17, 15) is 0 Å². The molecule has 3 nitrogen and oxygen atoms in total. The molecular weight excluding hydrogens is 288 g/mol. The Kier molecular flexibility index (Phi) is 4.33. The van der Waals surface area contributed by atoms with E-state index in [1.807, 2.05) is 27.7 Å².